The van der Waals surface area contributed by atoms with Crippen molar-refractivity contribution in [3.63, 3.8) is 0 Å². The number of likely N-dealkylation sites (N-methyl/N-ethyl adjacent to an activating group) is 1. The Morgan fingerprint density at radius 3 is 3.04 bits per heavy atom. The number of carbonyl (C=O) groups excluding carboxylic acids is 1. The third-order valence-corrected chi connectivity index (χ3v) is 4.93. The van der Waals surface area contributed by atoms with Gasteiger partial charge in [0.05, 0.1) is 18.9 Å². The van der Waals surface area contributed by atoms with Gasteiger partial charge in [0.15, 0.2) is 5.95 Å². The Labute approximate surface area is 139 Å². The van der Waals surface area contributed by atoms with Gasteiger partial charge in [0, 0.05) is 31.5 Å². The van der Waals surface area contributed by atoms with Crippen LogP contribution in [0.1, 0.15) is 0 Å². The van der Waals surface area contributed by atoms with Gasteiger partial charge in [0.25, 0.3) is 5.91 Å². The third-order valence-electron chi connectivity index (χ3n) is 4.93. The van der Waals surface area contributed by atoms with Crippen LogP contribution in [-0.2, 0) is 4.79 Å². The van der Waals surface area contributed by atoms with Gasteiger partial charge in [0.2, 0.25) is 0 Å². The highest BCUT2D eigenvalue weighted by atomic mass is 19.1. The first-order valence-electron chi connectivity index (χ1n) is 7.95. The first kappa shape index (κ1) is 15.4. The van der Waals surface area contributed by atoms with Crippen molar-refractivity contribution in [3.05, 3.63) is 47.2 Å². The van der Waals surface area contributed by atoms with Crippen LogP contribution in [0.4, 0.5) is 4.39 Å². The fraction of sp³-hybridized carbons (Fsp3) is 0.438. The lowest BCUT2D eigenvalue weighted by Crippen LogP contribution is -2.63. The summed E-state index contributed by atoms with van der Waals surface area (Å²) in [6.45, 7) is 0.584. The highest BCUT2D eigenvalue weighted by Crippen LogP contribution is 2.33. The summed E-state index contributed by atoms with van der Waals surface area (Å²) in [5, 5.41) is 18.3. The Morgan fingerprint density at radius 1 is 1.46 bits per heavy atom. The maximum atomic E-state index is 13.5. The fourth-order valence-electron chi connectivity index (χ4n) is 3.65. The van der Waals surface area contributed by atoms with Crippen LogP contribution in [0.15, 0.2) is 47.2 Å². The van der Waals surface area contributed by atoms with Crippen LogP contribution in [0.5, 0.6) is 0 Å². The lowest BCUT2D eigenvalue weighted by molar-refractivity contribution is -0.130. The zero-order valence-corrected chi connectivity index (χ0v) is 13.3. The Balaban J connectivity index is 1.52. The van der Waals surface area contributed by atoms with Crippen molar-refractivity contribution in [2.75, 3.05) is 26.9 Å². The normalized spacial score (nSPS) is 30.8. The van der Waals surface area contributed by atoms with Crippen LogP contribution in [0.25, 0.3) is 0 Å². The number of hydrogen-bond donors (Lipinski definition) is 4. The van der Waals surface area contributed by atoms with E-state index in [-0.39, 0.29) is 30.1 Å². The summed E-state index contributed by atoms with van der Waals surface area (Å²) in [6, 6.07) is 0. The number of fused-ring (bicyclic) bond motifs is 2. The molecule has 1 amide bonds. The number of nitrogens with zero attached hydrogens (tertiary/aromatic N) is 2. The molecule has 1 fully saturated rings. The molecular weight excluding hydrogens is 313 g/mol. The zero-order valence-electron chi connectivity index (χ0n) is 13.3. The number of rotatable bonds is 3. The maximum absolute atomic E-state index is 13.5. The maximum Gasteiger partial charge on any atom is 0.252 e. The Bertz CT molecular complexity index is 699. The van der Waals surface area contributed by atoms with Crippen LogP contribution in [0, 0.1) is 5.92 Å². The number of amides is 1. The summed E-state index contributed by atoms with van der Waals surface area (Å²) in [6.07, 6.45) is 7.29. The second-order valence-corrected chi connectivity index (χ2v) is 6.36. The van der Waals surface area contributed by atoms with Crippen LogP contribution < -0.4 is 16.0 Å². The smallest absolute Gasteiger partial charge is 0.252 e. The highest BCUT2D eigenvalue weighted by molar-refractivity contribution is 5.80. The molecule has 0 aromatic heterocycles. The number of aliphatic hydroxyl groups is 1. The molecule has 3 atom stereocenters. The van der Waals surface area contributed by atoms with E-state index in [1.807, 2.05) is 19.2 Å². The van der Waals surface area contributed by atoms with Crippen molar-refractivity contribution < 1.29 is 14.3 Å². The van der Waals surface area contributed by atoms with E-state index >= 15 is 0 Å². The molecule has 3 unspecified atom stereocenters. The molecule has 4 aliphatic rings. The van der Waals surface area contributed by atoms with E-state index in [0.717, 1.165) is 16.8 Å². The first-order chi connectivity index (χ1) is 11.6. The van der Waals surface area contributed by atoms with E-state index in [0.29, 0.717) is 13.2 Å². The number of aliphatic hydroxyl groups excluding tert-OH is 1. The van der Waals surface area contributed by atoms with Crippen LogP contribution in [0.2, 0.25) is 0 Å². The van der Waals surface area contributed by atoms with Crippen molar-refractivity contribution in [1.29, 1.82) is 0 Å². The van der Waals surface area contributed by atoms with E-state index in [1.165, 1.54) is 4.90 Å². The molecule has 0 bridgehead atoms. The van der Waals surface area contributed by atoms with Crippen LogP contribution in [-0.4, -0.2) is 60.0 Å². The number of hydrogen-bond acceptors (Lipinski definition) is 6. The van der Waals surface area contributed by atoms with Crippen molar-refractivity contribution in [2.24, 2.45) is 5.92 Å². The standard InChI is InChI=1S/C16H20FN5O2/c1-21(16-12-4-13(17)20-15(12)18-8-19-16)11-2-9-5-22(14(24)7-23)6-10(9)3-11/h2-5,12,15-16,18-20,23H,6-8H2,1H3. The molecule has 3 aliphatic heterocycles. The fourth-order valence-corrected chi connectivity index (χ4v) is 3.65. The van der Waals surface area contributed by atoms with Crippen molar-refractivity contribution in [1.82, 2.24) is 25.8 Å². The number of halogens is 1. The molecule has 7 nitrogen and oxygen atoms in total. The molecule has 1 saturated heterocycles. The summed E-state index contributed by atoms with van der Waals surface area (Å²) in [5.41, 5.74) is 3.05. The summed E-state index contributed by atoms with van der Waals surface area (Å²) in [5.74, 6) is -0.623. The molecule has 128 valence electrons. The lowest BCUT2D eigenvalue weighted by Gasteiger charge is -2.41. The second-order valence-electron chi connectivity index (χ2n) is 6.36. The molecule has 8 heteroatoms. The van der Waals surface area contributed by atoms with Gasteiger partial charge in [0.1, 0.15) is 6.61 Å². The summed E-state index contributed by atoms with van der Waals surface area (Å²) in [4.78, 5) is 15.2. The summed E-state index contributed by atoms with van der Waals surface area (Å²) in [7, 11) is 1.98. The summed E-state index contributed by atoms with van der Waals surface area (Å²) >= 11 is 0. The predicted octanol–water partition coefficient (Wildman–Crippen LogP) is -0.707. The zero-order chi connectivity index (χ0) is 16.8. The molecule has 0 aromatic carbocycles. The minimum atomic E-state index is -0.486. The van der Waals surface area contributed by atoms with Gasteiger partial charge < -0.3 is 20.2 Å². The van der Waals surface area contributed by atoms with Crippen molar-refractivity contribution >= 4 is 5.91 Å². The van der Waals surface area contributed by atoms with E-state index < -0.39 is 6.61 Å². The Kier molecular flexibility index (Phi) is 3.67. The lowest BCUT2D eigenvalue weighted by atomic mass is 10.0. The molecule has 4 N–H and O–H groups in total. The van der Waals surface area contributed by atoms with E-state index in [1.54, 1.807) is 12.3 Å². The van der Waals surface area contributed by atoms with Gasteiger partial charge in [-0.3, -0.25) is 15.4 Å². The minimum absolute atomic E-state index is 0.0232. The monoisotopic (exact) mass is 333 g/mol. The average Bonchev–Trinajstić information content (AvgIpc) is 3.23. The van der Waals surface area contributed by atoms with Gasteiger partial charge in [-0.2, -0.15) is 4.39 Å². The predicted molar refractivity (Wildman–Crippen MR) is 85.3 cm³/mol. The van der Waals surface area contributed by atoms with Crippen LogP contribution >= 0.6 is 0 Å². The Morgan fingerprint density at radius 2 is 2.29 bits per heavy atom. The molecule has 4 rings (SSSR count). The molecular formula is C16H20FN5O2. The topological polar surface area (TPSA) is 79.9 Å². The number of allylic oxidation sites excluding steroid dienone is 2. The highest BCUT2D eigenvalue weighted by Gasteiger charge is 2.39. The third kappa shape index (κ3) is 2.43. The largest absolute Gasteiger partial charge is 0.387 e. The van der Waals surface area contributed by atoms with E-state index in [4.69, 9.17) is 5.11 Å². The number of carbonyl (C=O) groups is 1. The van der Waals surface area contributed by atoms with E-state index in [2.05, 4.69) is 20.9 Å². The molecule has 3 heterocycles. The van der Waals surface area contributed by atoms with Crippen molar-refractivity contribution in [2.45, 2.75) is 12.3 Å². The quantitative estimate of drug-likeness (QED) is 0.511. The molecule has 1 aliphatic carbocycles. The first-order valence-corrected chi connectivity index (χ1v) is 7.95. The minimum Gasteiger partial charge on any atom is -0.387 e. The summed E-state index contributed by atoms with van der Waals surface area (Å²) < 4.78 is 13.5. The average molecular weight is 333 g/mol. The molecule has 0 saturated carbocycles. The van der Waals surface area contributed by atoms with Crippen LogP contribution in [0.3, 0.4) is 0 Å². The second kappa shape index (κ2) is 5.73. The van der Waals surface area contributed by atoms with Gasteiger partial charge in [-0.15, -0.1) is 0 Å². The number of nitrogens with one attached hydrogen (secondary N) is 3. The van der Waals surface area contributed by atoms with E-state index in [9.17, 15) is 9.18 Å². The van der Waals surface area contributed by atoms with Gasteiger partial charge in [-0.25, -0.2) is 0 Å². The molecule has 0 spiro atoms. The SMILES string of the molecule is CN(C1=CC2=CN(C(=O)CO)CC2=C1)C1NCNC2NC(F)=CC21. The van der Waals surface area contributed by atoms with Crippen molar-refractivity contribution in [3.8, 4) is 0 Å². The molecule has 0 aromatic rings. The molecule has 0 radical (unpaired) electrons. The van der Waals surface area contributed by atoms with Gasteiger partial charge >= 0.3 is 0 Å². The Hall–Kier alpha value is -2.16. The van der Waals surface area contributed by atoms with Gasteiger partial charge in [-0.1, -0.05) is 0 Å². The van der Waals surface area contributed by atoms with Gasteiger partial charge in [-0.05, 0) is 29.4 Å². The molecule has 24 heavy (non-hydrogen) atoms.